The zero-order valence-electron chi connectivity index (χ0n) is 9.21. The fourth-order valence-electron chi connectivity index (χ4n) is 1.49. The van der Waals surface area contributed by atoms with Crippen molar-refractivity contribution in [2.45, 2.75) is 19.0 Å². The summed E-state index contributed by atoms with van der Waals surface area (Å²) in [6.07, 6.45) is -1.20. The minimum absolute atomic E-state index is 0.0278. The van der Waals surface area contributed by atoms with Crippen LogP contribution in [0.25, 0.3) is 0 Å². The number of amides is 1. The van der Waals surface area contributed by atoms with E-state index in [1.54, 1.807) is 0 Å². The molecule has 0 radical (unpaired) electrons. The van der Waals surface area contributed by atoms with Crippen molar-refractivity contribution in [3.8, 4) is 0 Å². The number of rotatable bonds is 2. The summed E-state index contributed by atoms with van der Waals surface area (Å²) < 4.78 is 38.0. The zero-order chi connectivity index (χ0) is 13.3. The monoisotopic (exact) mass is 257 g/mol. The first kappa shape index (κ1) is 12.5. The molecule has 1 aromatic rings. The third kappa shape index (κ3) is 2.66. The van der Waals surface area contributed by atoms with Gasteiger partial charge in [-0.1, -0.05) is 0 Å². The maximum atomic E-state index is 12.7. The molecule has 1 amide bonds. The van der Waals surface area contributed by atoms with Crippen molar-refractivity contribution < 1.29 is 18.0 Å². The average molecular weight is 257 g/mol. The molecule has 1 heterocycles. The molecule has 1 fully saturated rings. The number of nitrogens with one attached hydrogen (secondary N) is 2. The largest absolute Gasteiger partial charge is 0.417 e. The topological polar surface area (TPSA) is 65.8 Å². The van der Waals surface area contributed by atoms with E-state index < -0.39 is 23.2 Å². The fraction of sp³-hybridized carbons (Fsp3) is 0.364. The Balaban J connectivity index is 2.21. The second-order valence-electron chi connectivity index (χ2n) is 4.06. The Bertz CT molecular complexity index is 495. The smallest absolute Gasteiger partial charge is 0.310 e. The number of carbonyl (C=O) groups is 1. The molecule has 4 nitrogen and oxygen atoms in total. The van der Waals surface area contributed by atoms with Crippen molar-refractivity contribution in [1.82, 2.24) is 10.3 Å². The molecule has 2 rings (SSSR count). The predicted molar refractivity (Wildman–Crippen MR) is 57.2 cm³/mol. The molecule has 18 heavy (non-hydrogen) atoms. The van der Waals surface area contributed by atoms with Gasteiger partial charge in [-0.2, -0.15) is 13.2 Å². The van der Waals surface area contributed by atoms with Crippen molar-refractivity contribution >= 4 is 11.7 Å². The predicted octanol–water partition coefficient (Wildman–Crippen LogP) is 2.22. The van der Waals surface area contributed by atoms with Gasteiger partial charge in [0.15, 0.2) is 0 Å². The first-order valence-corrected chi connectivity index (χ1v) is 5.30. The maximum Gasteiger partial charge on any atom is 0.417 e. The molecule has 0 saturated heterocycles. The van der Waals surface area contributed by atoms with Crippen LogP contribution in [0.3, 0.4) is 0 Å². The van der Waals surface area contributed by atoms with E-state index in [0.717, 1.165) is 31.3 Å². The van der Waals surface area contributed by atoms with E-state index in [-0.39, 0.29) is 11.8 Å². The molecular formula is C11H10F3N3O. The molecule has 0 unspecified atom stereocenters. The fourth-order valence-corrected chi connectivity index (χ4v) is 1.49. The highest BCUT2D eigenvalue weighted by Crippen LogP contribution is 2.32. The van der Waals surface area contributed by atoms with Crippen LogP contribution in [0.2, 0.25) is 0 Å². The highest BCUT2D eigenvalue weighted by molar-refractivity contribution is 6.07. The Labute approximate surface area is 101 Å². The van der Waals surface area contributed by atoms with Gasteiger partial charge in [0.1, 0.15) is 5.84 Å². The normalized spacial score (nSPS) is 15.3. The summed E-state index contributed by atoms with van der Waals surface area (Å²) in [6, 6.07) is 0.746. The van der Waals surface area contributed by atoms with Crippen LogP contribution in [-0.2, 0) is 6.18 Å². The molecule has 7 heteroatoms. The lowest BCUT2D eigenvalue weighted by molar-refractivity contribution is -0.138. The van der Waals surface area contributed by atoms with Crippen LogP contribution in [0.5, 0.6) is 0 Å². The third-order valence-electron chi connectivity index (χ3n) is 2.60. The summed E-state index contributed by atoms with van der Waals surface area (Å²) in [5.74, 6) is -0.996. The molecule has 2 N–H and O–H groups in total. The van der Waals surface area contributed by atoms with Gasteiger partial charge in [0.05, 0.1) is 11.1 Å². The lowest BCUT2D eigenvalue weighted by Gasteiger charge is -2.12. The standard InChI is InChI=1S/C11H10F3N3O/c12-11(13,14)8-3-4-16-5-7(8)10(18)17-9(15)6-1-2-6/h3-6H,1-2H2,(H2,15,17,18). The van der Waals surface area contributed by atoms with Crippen LogP contribution in [0, 0.1) is 11.3 Å². The minimum atomic E-state index is -4.61. The van der Waals surface area contributed by atoms with Crippen molar-refractivity contribution in [3.63, 3.8) is 0 Å². The summed E-state index contributed by atoms with van der Waals surface area (Å²) in [6.45, 7) is 0. The van der Waals surface area contributed by atoms with Gasteiger partial charge in [0, 0.05) is 18.3 Å². The van der Waals surface area contributed by atoms with Crippen molar-refractivity contribution in [1.29, 1.82) is 5.41 Å². The first-order chi connectivity index (χ1) is 8.39. The SMILES string of the molecule is N=C(NC(=O)c1cnccc1C(F)(F)F)C1CC1. The summed E-state index contributed by atoms with van der Waals surface area (Å²) in [4.78, 5) is 15.2. The Kier molecular flexibility index (Phi) is 3.06. The van der Waals surface area contributed by atoms with Gasteiger partial charge in [0.2, 0.25) is 0 Å². The van der Waals surface area contributed by atoms with E-state index in [4.69, 9.17) is 5.41 Å². The number of halogens is 3. The Morgan fingerprint density at radius 3 is 2.67 bits per heavy atom. The van der Waals surface area contributed by atoms with Crippen molar-refractivity contribution in [3.05, 3.63) is 29.6 Å². The summed E-state index contributed by atoms with van der Waals surface area (Å²) in [5, 5.41) is 9.65. The number of carbonyl (C=O) groups excluding carboxylic acids is 1. The van der Waals surface area contributed by atoms with Gasteiger partial charge in [-0.3, -0.25) is 15.2 Å². The van der Waals surface area contributed by atoms with Gasteiger partial charge >= 0.3 is 6.18 Å². The second kappa shape index (κ2) is 4.40. The number of hydrogen-bond acceptors (Lipinski definition) is 3. The quantitative estimate of drug-likeness (QED) is 0.630. The second-order valence-corrected chi connectivity index (χ2v) is 4.06. The summed E-state index contributed by atoms with van der Waals surface area (Å²) in [5.41, 5.74) is -1.60. The molecule has 0 aromatic carbocycles. The van der Waals surface area contributed by atoms with Crippen LogP contribution in [0.4, 0.5) is 13.2 Å². The van der Waals surface area contributed by atoms with E-state index >= 15 is 0 Å². The van der Waals surface area contributed by atoms with E-state index in [0.29, 0.717) is 0 Å². The first-order valence-electron chi connectivity index (χ1n) is 5.30. The molecule has 0 aliphatic heterocycles. The molecule has 1 aliphatic carbocycles. The number of alkyl halides is 3. The summed E-state index contributed by atoms with van der Waals surface area (Å²) >= 11 is 0. The molecule has 0 atom stereocenters. The van der Waals surface area contributed by atoms with E-state index in [2.05, 4.69) is 10.3 Å². The van der Waals surface area contributed by atoms with Crippen LogP contribution in [0.1, 0.15) is 28.8 Å². The molecule has 96 valence electrons. The third-order valence-corrected chi connectivity index (χ3v) is 2.60. The average Bonchev–Trinajstić information content (AvgIpc) is 3.11. The van der Waals surface area contributed by atoms with Crippen LogP contribution < -0.4 is 5.32 Å². The highest BCUT2D eigenvalue weighted by Gasteiger charge is 2.36. The number of nitrogens with zero attached hydrogens (tertiary/aromatic N) is 1. The van der Waals surface area contributed by atoms with Crippen molar-refractivity contribution in [2.24, 2.45) is 5.92 Å². The van der Waals surface area contributed by atoms with Crippen LogP contribution in [0.15, 0.2) is 18.5 Å². The Morgan fingerprint density at radius 1 is 1.44 bits per heavy atom. The van der Waals surface area contributed by atoms with Crippen LogP contribution in [-0.4, -0.2) is 16.7 Å². The van der Waals surface area contributed by atoms with E-state index in [1.807, 2.05) is 0 Å². The lowest BCUT2D eigenvalue weighted by atomic mass is 10.1. The van der Waals surface area contributed by atoms with Gasteiger partial charge in [-0.25, -0.2) is 0 Å². The lowest BCUT2D eigenvalue weighted by Crippen LogP contribution is -2.32. The minimum Gasteiger partial charge on any atom is -0.310 e. The molecule has 0 bridgehead atoms. The molecule has 1 aromatic heterocycles. The van der Waals surface area contributed by atoms with Crippen molar-refractivity contribution in [2.75, 3.05) is 0 Å². The Hall–Kier alpha value is -1.92. The number of amidine groups is 1. The van der Waals surface area contributed by atoms with Gasteiger partial charge in [-0.05, 0) is 18.9 Å². The Morgan fingerprint density at radius 2 is 2.11 bits per heavy atom. The van der Waals surface area contributed by atoms with E-state index in [1.165, 1.54) is 0 Å². The molecular weight excluding hydrogens is 247 g/mol. The number of aromatic nitrogens is 1. The van der Waals surface area contributed by atoms with E-state index in [9.17, 15) is 18.0 Å². The zero-order valence-corrected chi connectivity index (χ0v) is 9.21. The number of hydrogen-bond donors (Lipinski definition) is 2. The highest BCUT2D eigenvalue weighted by atomic mass is 19.4. The molecule has 0 spiro atoms. The molecule has 1 saturated carbocycles. The number of pyridine rings is 1. The molecule has 1 aliphatic rings. The van der Waals surface area contributed by atoms with Gasteiger partial charge in [-0.15, -0.1) is 0 Å². The maximum absolute atomic E-state index is 12.7. The van der Waals surface area contributed by atoms with Crippen LogP contribution >= 0.6 is 0 Å². The van der Waals surface area contributed by atoms with Gasteiger partial charge in [0.25, 0.3) is 5.91 Å². The summed E-state index contributed by atoms with van der Waals surface area (Å²) in [7, 11) is 0. The van der Waals surface area contributed by atoms with Gasteiger partial charge < -0.3 is 5.32 Å².